The highest BCUT2D eigenvalue weighted by Gasteiger charge is 1.88. The Bertz CT molecular complexity index is 131. The van der Waals surface area contributed by atoms with Crippen molar-refractivity contribution in [2.24, 2.45) is 0 Å². The maximum Gasteiger partial charge on any atom is 0.206 e. The van der Waals surface area contributed by atoms with Gasteiger partial charge < -0.3 is 4.74 Å². The first kappa shape index (κ1) is 8.56. The van der Waals surface area contributed by atoms with E-state index in [1.165, 1.54) is 7.11 Å². The Kier molecular flexibility index (Phi) is 4.22. The van der Waals surface area contributed by atoms with Crippen molar-refractivity contribution in [2.45, 2.75) is 6.92 Å². The molecular formula is C6H11NOS. The van der Waals surface area contributed by atoms with Crippen LogP contribution in [0.4, 0.5) is 0 Å². The van der Waals surface area contributed by atoms with Crippen molar-refractivity contribution in [1.82, 2.24) is 0 Å². The number of allylic oxidation sites excluding steroid dienone is 1. The molecule has 0 fully saturated rings. The van der Waals surface area contributed by atoms with Gasteiger partial charge in [-0.3, -0.25) is 5.41 Å². The number of hydrogen-bond acceptors (Lipinski definition) is 3. The summed E-state index contributed by atoms with van der Waals surface area (Å²) in [5.41, 5.74) is 0. The van der Waals surface area contributed by atoms with Crippen LogP contribution in [0.5, 0.6) is 0 Å². The average molecular weight is 145 g/mol. The number of rotatable bonds is 2. The van der Waals surface area contributed by atoms with Gasteiger partial charge in [0, 0.05) is 6.08 Å². The highest BCUT2D eigenvalue weighted by atomic mass is 32.2. The quantitative estimate of drug-likeness (QED) is 0.475. The molecule has 0 radical (unpaired) electrons. The zero-order valence-corrected chi connectivity index (χ0v) is 6.71. The standard InChI is InChI=1S/C6H11NOS/c1-5(9-3)4-6(7)8-2/h4,7H,1-3H3/b5-4-,7-6?. The highest BCUT2D eigenvalue weighted by Crippen LogP contribution is 2.08. The minimum Gasteiger partial charge on any atom is -0.481 e. The van der Waals surface area contributed by atoms with Crippen LogP contribution in [0.3, 0.4) is 0 Å². The number of thioether (sulfide) groups is 1. The molecule has 0 unspecified atom stereocenters. The van der Waals surface area contributed by atoms with Crippen LogP contribution in [0, 0.1) is 5.41 Å². The molecule has 1 N–H and O–H groups in total. The van der Waals surface area contributed by atoms with E-state index < -0.39 is 0 Å². The van der Waals surface area contributed by atoms with Crippen molar-refractivity contribution in [2.75, 3.05) is 13.4 Å². The first-order valence-corrected chi connectivity index (χ1v) is 3.78. The second kappa shape index (κ2) is 4.44. The predicted molar refractivity (Wildman–Crippen MR) is 42.0 cm³/mol. The van der Waals surface area contributed by atoms with Crippen molar-refractivity contribution < 1.29 is 4.74 Å². The van der Waals surface area contributed by atoms with Crippen LogP contribution < -0.4 is 0 Å². The molecule has 3 heteroatoms. The molecule has 9 heavy (non-hydrogen) atoms. The molecule has 0 aromatic carbocycles. The molecule has 0 aromatic rings. The molecule has 0 atom stereocenters. The predicted octanol–water partition coefficient (Wildman–Crippen LogP) is 1.88. The minimum absolute atomic E-state index is 0.210. The Morgan fingerprint density at radius 2 is 2.22 bits per heavy atom. The van der Waals surface area contributed by atoms with Crippen LogP contribution >= 0.6 is 11.8 Å². The lowest BCUT2D eigenvalue weighted by Crippen LogP contribution is -1.92. The van der Waals surface area contributed by atoms with Crippen LogP contribution in [0.2, 0.25) is 0 Å². The van der Waals surface area contributed by atoms with E-state index >= 15 is 0 Å². The molecule has 0 amide bonds. The summed E-state index contributed by atoms with van der Waals surface area (Å²) in [4.78, 5) is 1.09. The van der Waals surface area contributed by atoms with Crippen LogP contribution in [0.15, 0.2) is 11.0 Å². The zero-order chi connectivity index (χ0) is 7.28. The lowest BCUT2D eigenvalue weighted by Gasteiger charge is -1.95. The molecule has 2 nitrogen and oxygen atoms in total. The number of hydrogen-bond donors (Lipinski definition) is 1. The molecule has 0 aromatic heterocycles. The molecule has 0 spiro atoms. The van der Waals surface area contributed by atoms with Gasteiger partial charge in [-0.1, -0.05) is 0 Å². The number of ether oxygens (including phenoxy) is 1. The summed E-state index contributed by atoms with van der Waals surface area (Å²) in [6.07, 6.45) is 3.65. The minimum atomic E-state index is 0.210. The molecule has 0 aliphatic rings. The Morgan fingerprint density at radius 1 is 1.67 bits per heavy atom. The average Bonchev–Trinajstić information content (AvgIpc) is 1.87. The van der Waals surface area contributed by atoms with Gasteiger partial charge in [-0.05, 0) is 18.1 Å². The molecule has 0 aliphatic carbocycles. The van der Waals surface area contributed by atoms with Gasteiger partial charge >= 0.3 is 0 Å². The van der Waals surface area contributed by atoms with Crippen LogP contribution in [-0.4, -0.2) is 19.3 Å². The van der Waals surface area contributed by atoms with Crippen molar-refractivity contribution in [1.29, 1.82) is 5.41 Å². The fourth-order valence-corrected chi connectivity index (χ4v) is 0.527. The smallest absolute Gasteiger partial charge is 0.206 e. The van der Waals surface area contributed by atoms with Crippen molar-refractivity contribution in [3.05, 3.63) is 11.0 Å². The van der Waals surface area contributed by atoms with E-state index in [0.717, 1.165) is 4.91 Å². The van der Waals surface area contributed by atoms with E-state index in [2.05, 4.69) is 4.74 Å². The topological polar surface area (TPSA) is 33.1 Å². The van der Waals surface area contributed by atoms with Gasteiger partial charge in [-0.25, -0.2) is 0 Å². The lowest BCUT2D eigenvalue weighted by atomic mass is 10.5. The summed E-state index contributed by atoms with van der Waals surface area (Å²) in [6, 6.07) is 0. The third kappa shape index (κ3) is 4.09. The second-order valence-electron chi connectivity index (χ2n) is 1.53. The van der Waals surface area contributed by atoms with E-state index in [9.17, 15) is 0 Å². The Labute approximate surface area is 59.8 Å². The first-order valence-electron chi connectivity index (χ1n) is 2.55. The molecule has 0 bridgehead atoms. The molecule has 0 saturated carbocycles. The summed E-state index contributed by atoms with van der Waals surface area (Å²) in [5.74, 6) is 0.210. The maximum absolute atomic E-state index is 7.06. The van der Waals surface area contributed by atoms with E-state index in [1.54, 1.807) is 17.8 Å². The van der Waals surface area contributed by atoms with Gasteiger partial charge in [0.25, 0.3) is 0 Å². The largest absolute Gasteiger partial charge is 0.481 e. The summed E-state index contributed by atoms with van der Waals surface area (Å²) in [7, 11) is 1.49. The first-order chi connectivity index (χ1) is 4.20. The van der Waals surface area contributed by atoms with Crippen LogP contribution in [0.25, 0.3) is 0 Å². The SMILES string of the molecule is COC(=N)/C=C(/C)SC. The summed E-state index contributed by atoms with van der Waals surface area (Å²) < 4.78 is 4.62. The Hall–Kier alpha value is -0.440. The van der Waals surface area contributed by atoms with Crippen LogP contribution in [-0.2, 0) is 4.74 Å². The van der Waals surface area contributed by atoms with E-state index in [0.29, 0.717) is 0 Å². The zero-order valence-electron chi connectivity index (χ0n) is 5.89. The monoisotopic (exact) mass is 145 g/mol. The molecular weight excluding hydrogens is 134 g/mol. The lowest BCUT2D eigenvalue weighted by molar-refractivity contribution is 0.403. The second-order valence-corrected chi connectivity index (χ2v) is 2.58. The van der Waals surface area contributed by atoms with Gasteiger partial charge in [-0.2, -0.15) is 0 Å². The summed E-state index contributed by atoms with van der Waals surface area (Å²) in [6.45, 7) is 1.94. The fourth-order valence-electron chi connectivity index (χ4n) is 0.302. The third-order valence-corrected chi connectivity index (χ3v) is 1.64. The normalized spacial score (nSPS) is 11.2. The van der Waals surface area contributed by atoms with Gasteiger partial charge in [0.05, 0.1) is 7.11 Å². The molecule has 0 rings (SSSR count). The molecule has 0 heterocycles. The van der Waals surface area contributed by atoms with Crippen LogP contribution in [0.1, 0.15) is 6.92 Å². The maximum atomic E-state index is 7.06. The summed E-state index contributed by atoms with van der Waals surface area (Å²) >= 11 is 1.61. The van der Waals surface area contributed by atoms with Crippen molar-refractivity contribution in [3.8, 4) is 0 Å². The van der Waals surface area contributed by atoms with Gasteiger partial charge in [0.15, 0.2) is 0 Å². The Balaban J connectivity index is 3.79. The molecule has 0 saturated heterocycles. The van der Waals surface area contributed by atoms with E-state index in [1.807, 2.05) is 13.2 Å². The van der Waals surface area contributed by atoms with Gasteiger partial charge in [0.1, 0.15) is 0 Å². The van der Waals surface area contributed by atoms with Crippen molar-refractivity contribution in [3.63, 3.8) is 0 Å². The van der Waals surface area contributed by atoms with E-state index in [4.69, 9.17) is 5.41 Å². The van der Waals surface area contributed by atoms with Gasteiger partial charge in [0.2, 0.25) is 5.90 Å². The highest BCUT2D eigenvalue weighted by molar-refractivity contribution is 8.02. The summed E-state index contributed by atoms with van der Waals surface area (Å²) in [5, 5.41) is 7.06. The van der Waals surface area contributed by atoms with Crippen molar-refractivity contribution >= 4 is 17.7 Å². The number of nitrogens with one attached hydrogen (secondary N) is 1. The molecule has 0 aliphatic heterocycles. The Morgan fingerprint density at radius 3 is 2.56 bits per heavy atom. The molecule has 52 valence electrons. The van der Waals surface area contributed by atoms with E-state index in [-0.39, 0.29) is 5.90 Å². The third-order valence-electron chi connectivity index (χ3n) is 0.876. The van der Waals surface area contributed by atoms with Gasteiger partial charge in [-0.15, -0.1) is 11.8 Å². The fraction of sp³-hybridized carbons (Fsp3) is 0.500. The number of methoxy groups -OCH3 is 1.